The van der Waals surface area contributed by atoms with Crippen LogP contribution in [-0.2, 0) is 6.42 Å². The van der Waals surface area contributed by atoms with Gasteiger partial charge in [0.05, 0.1) is 6.04 Å². The first kappa shape index (κ1) is 26.7. The summed E-state index contributed by atoms with van der Waals surface area (Å²) in [5.74, 6) is 1.69. The van der Waals surface area contributed by atoms with E-state index in [0.29, 0.717) is 6.79 Å². The minimum absolute atomic E-state index is 0. The number of hydrogen-bond acceptors (Lipinski definition) is 4. The lowest BCUT2D eigenvalue weighted by atomic mass is 9.86. The van der Waals surface area contributed by atoms with Gasteiger partial charge in [-0.25, -0.2) is 0 Å². The Kier molecular flexibility index (Phi) is 8.77. The summed E-state index contributed by atoms with van der Waals surface area (Å²) in [5.41, 5.74) is 3.85. The number of rotatable bonds is 5. The van der Waals surface area contributed by atoms with E-state index in [4.69, 9.17) is 21.1 Å². The zero-order valence-corrected chi connectivity index (χ0v) is 21.8. The van der Waals surface area contributed by atoms with Gasteiger partial charge in [-0.1, -0.05) is 60.1 Å². The third-order valence-corrected chi connectivity index (χ3v) is 7.13. The predicted molar refractivity (Wildman–Crippen MR) is 143 cm³/mol. The van der Waals surface area contributed by atoms with Crippen molar-refractivity contribution in [2.24, 2.45) is 0 Å². The summed E-state index contributed by atoms with van der Waals surface area (Å²) in [5, 5.41) is 0.770. The summed E-state index contributed by atoms with van der Waals surface area (Å²) in [6.45, 7) is 5.66. The third-order valence-electron chi connectivity index (χ3n) is 6.88. The molecule has 1 fully saturated rings. The van der Waals surface area contributed by atoms with Crippen LogP contribution in [-0.4, -0.2) is 48.8 Å². The van der Waals surface area contributed by atoms with E-state index in [-0.39, 0.29) is 36.4 Å². The van der Waals surface area contributed by atoms with Crippen molar-refractivity contribution in [3.8, 4) is 11.5 Å². The lowest BCUT2D eigenvalue weighted by Gasteiger charge is -2.50. The number of hydrogen-bond donors (Lipinski definition) is 0. The molecule has 2 aliphatic heterocycles. The molecule has 0 bridgehead atoms. The molecule has 7 heteroatoms. The van der Waals surface area contributed by atoms with Crippen molar-refractivity contribution < 1.29 is 9.47 Å². The van der Waals surface area contributed by atoms with E-state index in [1.54, 1.807) is 0 Å². The average molecular weight is 522 g/mol. The summed E-state index contributed by atoms with van der Waals surface area (Å²) >= 11 is 6.20. The van der Waals surface area contributed by atoms with Gasteiger partial charge in [-0.05, 0) is 61.3 Å². The Bertz CT molecular complexity index is 1080. The first-order chi connectivity index (χ1) is 15.5. The van der Waals surface area contributed by atoms with Crippen LogP contribution in [0, 0.1) is 0 Å². The monoisotopic (exact) mass is 520 g/mol. The summed E-state index contributed by atoms with van der Waals surface area (Å²) in [4.78, 5) is 5.11. The van der Waals surface area contributed by atoms with Crippen molar-refractivity contribution in [2.75, 3.05) is 33.5 Å². The van der Waals surface area contributed by atoms with Crippen LogP contribution in [0.25, 0.3) is 0 Å². The number of benzene rings is 3. The molecule has 3 aromatic carbocycles. The van der Waals surface area contributed by atoms with Crippen molar-refractivity contribution in [1.82, 2.24) is 9.80 Å². The normalized spacial score (nSPS) is 20.8. The Balaban J connectivity index is 0.00000162. The largest absolute Gasteiger partial charge is 0.454 e. The second kappa shape index (κ2) is 11.2. The molecule has 5 rings (SSSR count). The molecule has 3 aromatic rings. The summed E-state index contributed by atoms with van der Waals surface area (Å²) in [6.07, 6.45) is 0.943. The van der Waals surface area contributed by atoms with E-state index in [2.05, 4.69) is 78.4 Å². The molecule has 34 heavy (non-hydrogen) atoms. The van der Waals surface area contributed by atoms with E-state index in [0.717, 1.165) is 42.6 Å². The fraction of sp³-hybridized carbons (Fsp3) is 0.333. The molecular weight excluding hydrogens is 491 g/mol. The highest BCUT2D eigenvalue weighted by Crippen LogP contribution is 2.37. The van der Waals surface area contributed by atoms with Crippen molar-refractivity contribution in [2.45, 2.75) is 24.9 Å². The van der Waals surface area contributed by atoms with Crippen molar-refractivity contribution in [3.63, 3.8) is 0 Å². The molecule has 182 valence electrons. The standard InChI is InChI=1S/C27H29ClN2O2.2ClH/c1-27(17-20-8-13-24-25(16-20)32-19-31-24)18-30(15-14-29(27)2)26(21-6-4-3-5-7-21)22-9-11-23(28)12-10-22;;/h3-13,16,26H,14-15,17-19H2,1-2H3;2*1H. The van der Waals surface area contributed by atoms with Crippen LogP contribution in [0.1, 0.15) is 29.7 Å². The van der Waals surface area contributed by atoms with E-state index >= 15 is 0 Å². The molecule has 0 N–H and O–H groups in total. The highest BCUT2D eigenvalue weighted by Gasteiger charge is 2.39. The average Bonchev–Trinajstić information content (AvgIpc) is 3.26. The van der Waals surface area contributed by atoms with Gasteiger partial charge in [0.25, 0.3) is 0 Å². The summed E-state index contributed by atoms with van der Waals surface area (Å²) < 4.78 is 11.1. The van der Waals surface area contributed by atoms with Crippen LogP contribution in [0.5, 0.6) is 11.5 Å². The first-order valence-corrected chi connectivity index (χ1v) is 11.5. The molecule has 0 radical (unpaired) electrons. The minimum Gasteiger partial charge on any atom is -0.454 e. The molecule has 0 spiro atoms. The van der Waals surface area contributed by atoms with Crippen molar-refractivity contribution >= 4 is 36.4 Å². The van der Waals surface area contributed by atoms with Gasteiger partial charge >= 0.3 is 0 Å². The second-order valence-corrected chi connectivity index (χ2v) is 9.55. The summed E-state index contributed by atoms with van der Waals surface area (Å²) in [7, 11) is 2.24. The highest BCUT2D eigenvalue weighted by atomic mass is 35.5. The lowest BCUT2D eigenvalue weighted by molar-refractivity contribution is 0.0133. The molecular formula is C27H31Cl3N2O2. The van der Waals surface area contributed by atoms with Crippen LogP contribution in [0.4, 0.5) is 0 Å². The third kappa shape index (κ3) is 5.48. The molecule has 2 heterocycles. The van der Waals surface area contributed by atoms with Gasteiger partial charge in [-0.2, -0.15) is 0 Å². The minimum atomic E-state index is -0.00853. The van der Waals surface area contributed by atoms with Crippen molar-refractivity contribution in [3.05, 3.63) is 94.5 Å². The van der Waals surface area contributed by atoms with Crippen LogP contribution in [0.2, 0.25) is 5.02 Å². The van der Waals surface area contributed by atoms with Gasteiger partial charge in [-0.3, -0.25) is 9.80 Å². The first-order valence-electron chi connectivity index (χ1n) is 11.2. The fourth-order valence-electron chi connectivity index (χ4n) is 4.98. The molecule has 0 aromatic heterocycles. The van der Waals surface area contributed by atoms with E-state index in [1.807, 2.05) is 18.2 Å². The molecule has 4 nitrogen and oxygen atoms in total. The van der Waals surface area contributed by atoms with E-state index in [1.165, 1.54) is 16.7 Å². The number of likely N-dealkylation sites (N-methyl/N-ethyl adjacent to an activating group) is 1. The van der Waals surface area contributed by atoms with Crippen LogP contribution < -0.4 is 9.47 Å². The van der Waals surface area contributed by atoms with Crippen LogP contribution >= 0.6 is 36.4 Å². The van der Waals surface area contributed by atoms with Gasteiger partial charge in [0.1, 0.15) is 0 Å². The maximum absolute atomic E-state index is 6.20. The Morgan fingerprint density at radius 1 is 0.882 bits per heavy atom. The zero-order chi connectivity index (χ0) is 22.1. The number of ether oxygens (including phenoxy) is 2. The van der Waals surface area contributed by atoms with Gasteiger partial charge in [0, 0.05) is 30.2 Å². The maximum atomic E-state index is 6.20. The number of piperazine rings is 1. The Morgan fingerprint density at radius 2 is 1.56 bits per heavy atom. The maximum Gasteiger partial charge on any atom is 0.231 e. The zero-order valence-electron chi connectivity index (χ0n) is 19.4. The van der Waals surface area contributed by atoms with E-state index < -0.39 is 0 Å². The number of nitrogens with zero attached hydrogens (tertiary/aromatic N) is 2. The Hall–Kier alpha value is -1.95. The molecule has 0 saturated carbocycles. The molecule has 2 unspecified atom stereocenters. The van der Waals surface area contributed by atoms with Gasteiger partial charge in [0.2, 0.25) is 6.79 Å². The van der Waals surface area contributed by atoms with Gasteiger partial charge in [-0.15, -0.1) is 24.8 Å². The fourth-order valence-corrected chi connectivity index (χ4v) is 5.11. The Morgan fingerprint density at radius 3 is 2.29 bits per heavy atom. The number of halogens is 3. The smallest absolute Gasteiger partial charge is 0.231 e. The quantitative estimate of drug-likeness (QED) is 0.396. The molecule has 2 atom stereocenters. The SMILES string of the molecule is CN1CCN(C(c2ccccc2)c2ccc(Cl)cc2)CC1(C)Cc1ccc2c(c1)OCO2.Cl.Cl. The molecule has 1 saturated heterocycles. The topological polar surface area (TPSA) is 24.9 Å². The second-order valence-electron chi connectivity index (χ2n) is 9.12. The molecule has 0 aliphatic carbocycles. The lowest BCUT2D eigenvalue weighted by Crippen LogP contribution is -2.60. The van der Waals surface area contributed by atoms with Crippen LogP contribution in [0.15, 0.2) is 72.8 Å². The molecule has 0 amide bonds. The predicted octanol–water partition coefficient (Wildman–Crippen LogP) is 6.25. The molecule has 2 aliphatic rings. The van der Waals surface area contributed by atoms with Gasteiger partial charge < -0.3 is 9.47 Å². The summed E-state index contributed by atoms with van der Waals surface area (Å²) in [6, 6.07) is 25.6. The van der Waals surface area contributed by atoms with E-state index in [9.17, 15) is 0 Å². The number of fused-ring (bicyclic) bond motifs is 1. The van der Waals surface area contributed by atoms with Crippen LogP contribution in [0.3, 0.4) is 0 Å². The highest BCUT2D eigenvalue weighted by molar-refractivity contribution is 6.30. The Labute approximate surface area is 219 Å². The van der Waals surface area contributed by atoms with Gasteiger partial charge in [0.15, 0.2) is 11.5 Å². The van der Waals surface area contributed by atoms with Crippen molar-refractivity contribution in [1.29, 1.82) is 0 Å².